The first-order valence-electron chi connectivity index (χ1n) is 10.5. The first-order valence-corrected chi connectivity index (χ1v) is 10.5. The van der Waals surface area contributed by atoms with Crippen LogP contribution in [0.25, 0.3) is 10.9 Å². The molecule has 2 aromatic carbocycles. The molecule has 0 radical (unpaired) electrons. The van der Waals surface area contributed by atoms with Crippen LogP contribution in [0.2, 0.25) is 0 Å². The van der Waals surface area contributed by atoms with Gasteiger partial charge in [0, 0.05) is 18.4 Å². The Hall–Kier alpha value is -3.95. The van der Waals surface area contributed by atoms with Crippen molar-refractivity contribution in [1.29, 1.82) is 0 Å². The minimum atomic E-state index is -1.38. The van der Waals surface area contributed by atoms with E-state index >= 15 is 0 Å². The third kappa shape index (κ3) is 5.69. The molecule has 0 saturated heterocycles. The van der Waals surface area contributed by atoms with Gasteiger partial charge in [0.2, 0.25) is 0 Å². The Morgan fingerprint density at radius 3 is 2.47 bits per heavy atom. The number of halogens is 2. The Morgan fingerprint density at radius 2 is 1.82 bits per heavy atom. The van der Waals surface area contributed by atoms with Crippen LogP contribution in [0.15, 0.2) is 53.6 Å². The summed E-state index contributed by atoms with van der Waals surface area (Å²) >= 11 is 0. The van der Waals surface area contributed by atoms with Gasteiger partial charge in [-0.1, -0.05) is 13.0 Å². The predicted octanol–water partition coefficient (Wildman–Crippen LogP) is 3.87. The SMILES string of the molecule is CC[C@@H](C(=O)CC(CC(=O)O)C(=O)CF)n1cnc2ccc(Oc3cccc(F)c3)cc2c1=O. The molecule has 0 aliphatic rings. The second kappa shape index (κ2) is 10.8. The van der Waals surface area contributed by atoms with Crippen molar-refractivity contribution >= 4 is 28.4 Å². The van der Waals surface area contributed by atoms with Crippen molar-refractivity contribution in [2.45, 2.75) is 32.2 Å². The maximum absolute atomic E-state index is 13.4. The van der Waals surface area contributed by atoms with E-state index in [1.165, 1.54) is 30.6 Å². The Bertz CT molecular complexity index is 1290. The zero-order chi connectivity index (χ0) is 24.8. The molecule has 34 heavy (non-hydrogen) atoms. The third-order valence-corrected chi connectivity index (χ3v) is 5.34. The number of aromatic nitrogens is 2. The van der Waals surface area contributed by atoms with E-state index in [1.54, 1.807) is 25.1 Å². The van der Waals surface area contributed by atoms with E-state index < -0.39 is 60.4 Å². The third-order valence-electron chi connectivity index (χ3n) is 5.34. The van der Waals surface area contributed by atoms with Gasteiger partial charge in [-0.3, -0.25) is 23.7 Å². The van der Waals surface area contributed by atoms with Crippen molar-refractivity contribution in [3.05, 3.63) is 65.0 Å². The molecule has 178 valence electrons. The van der Waals surface area contributed by atoms with Crippen LogP contribution in [0, 0.1) is 11.7 Å². The zero-order valence-corrected chi connectivity index (χ0v) is 18.2. The van der Waals surface area contributed by atoms with Crippen LogP contribution in [0.5, 0.6) is 11.5 Å². The van der Waals surface area contributed by atoms with Crippen LogP contribution in [0.4, 0.5) is 8.78 Å². The van der Waals surface area contributed by atoms with Gasteiger partial charge in [0.15, 0.2) is 11.6 Å². The number of rotatable bonds is 11. The summed E-state index contributed by atoms with van der Waals surface area (Å²) in [7, 11) is 0. The molecule has 0 aliphatic heterocycles. The number of nitrogens with zero attached hydrogens (tertiary/aromatic N) is 2. The van der Waals surface area contributed by atoms with Gasteiger partial charge in [-0.2, -0.15) is 0 Å². The predicted molar refractivity (Wildman–Crippen MR) is 118 cm³/mol. The van der Waals surface area contributed by atoms with Gasteiger partial charge >= 0.3 is 5.97 Å². The molecule has 1 aromatic heterocycles. The van der Waals surface area contributed by atoms with Gasteiger partial charge < -0.3 is 9.84 Å². The Kier molecular flexibility index (Phi) is 7.83. The van der Waals surface area contributed by atoms with Crippen molar-refractivity contribution in [2.75, 3.05) is 6.67 Å². The highest BCUT2D eigenvalue weighted by Gasteiger charge is 2.29. The number of alkyl halides is 1. The van der Waals surface area contributed by atoms with Gasteiger partial charge in [-0.15, -0.1) is 0 Å². The fraction of sp³-hybridized carbons (Fsp3) is 0.292. The minimum absolute atomic E-state index is 0.143. The lowest BCUT2D eigenvalue weighted by molar-refractivity contribution is -0.141. The minimum Gasteiger partial charge on any atom is -0.481 e. The fourth-order valence-electron chi connectivity index (χ4n) is 3.65. The second-order valence-electron chi connectivity index (χ2n) is 7.68. The lowest BCUT2D eigenvalue weighted by atomic mass is 9.91. The number of carbonyl (C=O) groups excluding carboxylic acids is 2. The highest BCUT2D eigenvalue weighted by Crippen LogP contribution is 2.25. The van der Waals surface area contributed by atoms with Crippen molar-refractivity contribution in [1.82, 2.24) is 9.55 Å². The first kappa shape index (κ1) is 24.7. The molecule has 2 atom stereocenters. The molecule has 0 spiro atoms. The van der Waals surface area contributed by atoms with E-state index in [9.17, 15) is 28.0 Å². The fourth-order valence-corrected chi connectivity index (χ4v) is 3.65. The monoisotopic (exact) mass is 472 g/mol. The largest absolute Gasteiger partial charge is 0.481 e. The van der Waals surface area contributed by atoms with Crippen molar-refractivity contribution in [3.63, 3.8) is 0 Å². The van der Waals surface area contributed by atoms with Crippen molar-refractivity contribution < 1.29 is 33.0 Å². The number of fused-ring (bicyclic) bond motifs is 1. The molecule has 0 bridgehead atoms. The van der Waals surface area contributed by atoms with E-state index in [2.05, 4.69) is 4.98 Å². The molecule has 0 fully saturated rings. The second-order valence-corrected chi connectivity index (χ2v) is 7.68. The van der Waals surface area contributed by atoms with Crippen molar-refractivity contribution in [2.24, 2.45) is 5.92 Å². The molecule has 8 nitrogen and oxygen atoms in total. The number of ketones is 2. The molecule has 0 amide bonds. The summed E-state index contributed by atoms with van der Waals surface area (Å²) in [5, 5.41) is 9.12. The molecule has 0 aliphatic carbocycles. The summed E-state index contributed by atoms with van der Waals surface area (Å²) < 4.78 is 33.0. The standard InChI is InChI=1S/C24H22F2N2O6/c1-2-20(21(29)8-14(9-23(31)32)22(30)12-25)28-13-27-19-7-6-17(11-18(19)24(28)33)34-16-5-3-4-15(26)10-16/h3-7,10-11,13-14,20H,2,8-9,12H2,1H3,(H,31,32)/t14?,20-/m0/s1. The number of carboxylic acid groups (broad SMARTS) is 1. The van der Waals surface area contributed by atoms with Gasteiger partial charge in [0.25, 0.3) is 5.56 Å². The lowest BCUT2D eigenvalue weighted by Gasteiger charge is -2.19. The molecular weight excluding hydrogens is 450 g/mol. The molecule has 3 rings (SSSR count). The Balaban J connectivity index is 1.92. The van der Waals surface area contributed by atoms with Crippen LogP contribution >= 0.6 is 0 Å². The summed E-state index contributed by atoms with van der Waals surface area (Å²) in [6.07, 6.45) is 0.166. The summed E-state index contributed by atoms with van der Waals surface area (Å²) in [5.74, 6) is -4.21. The number of hydrogen-bond donors (Lipinski definition) is 1. The van der Waals surface area contributed by atoms with Gasteiger partial charge in [0.05, 0.1) is 29.7 Å². The van der Waals surface area contributed by atoms with Gasteiger partial charge in [-0.05, 0) is 36.8 Å². The molecule has 1 N–H and O–H groups in total. The van der Waals surface area contributed by atoms with Crippen LogP contribution in [-0.4, -0.2) is 38.9 Å². The number of Topliss-reactive ketones (excluding diaryl/α,β-unsaturated/α-hetero) is 2. The van der Waals surface area contributed by atoms with Gasteiger partial charge in [-0.25, -0.2) is 13.8 Å². The summed E-state index contributed by atoms with van der Waals surface area (Å²) in [5.41, 5.74) is -0.215. The Labute approximate surface area is 192 Å². The number of carbonyl (C=O) groups is 3. The maximum atomic E-state index is 13.4. The van der Waals surface area contributed by atoms with Crippen LogP contribution in [-0.2, 0) is 14.4 Å². The quantitative estimate of drug-likeness (QED) is 0.450. The maximum Gasteiger partial charge on any atom is 0.304 e. The van der Waals surface area contributed by atoms with E-state index in [4.69, 9.17) is 9.84 Å². The average Bonchev–Trinajstić information content (AvgIpc) is 2.80. The topological polar surface area (TPSA) is 116 Å². The smallest absolute Gasteiger partial charge is 0.304 e. The lowest BCUT2D eigenvalue weighted by Crippen LogP contribution is -2.32. The number of aliphatic carboxylic acids is 1. The molecule has 0 saturated carbocycles. The zero-order valence-electron chi connectivity index (χ0n) is 18.2. The molecule has 3 aromatic rings. The average molecular weight is 472 g/mol. The highest BCUT2D eigenvalue weighted by molar-refractivity contribution is 5.92. The highest BCUT2D eigenvalue weighted by atomic mass is 19.1. The number of ether oxygens (including phenoxy) is 1. The van der Waals surface area contributed by atoms with Gasteiger partial charge in [0.1, 0.15) is 24.0 Å². The number of hydrogen-bond acceptors (Lipinski definition) is 6. The van der Waals surface area contributed by atoms with E-state index in [0.717, 1.165) is 4.57 Å². The van der Waals surface area contributed by atoms with Crippen LogP contribution in [0.3, 0.4) is 0 Å². The van der Waals surface area contributed by atoms with Crippen LogP contribution in [0.1, 0.15) is 32.2 Å². The summed E-state index contributed by atoms with van der Waals surface area (Å²) in [4.78, 5) is 53.1. The van der Waals surface area contributed by atoms with E-state index in [1.807, 2.05) is 0 Å². The van der Waals surface area contributed by atoms with Crippen molar-refractivity contribution in [3.8, 4) is 11.5 Å². The normalized spacial score (nSPS) is 12.8. The van der Waals surface area contributed by atoms with E-state index in [-0.39, 0.29) is 23.3 Å². The van der Waals surface area contributed by atoms with Crippen LogP contribution < -0.4 is 10.3 Å². The van der Waals surface area contributed by atoms with E-state index in [0.29, 0.717) is 5.52 Å². The number of benzene rings is 2. The first-order chi connectivity index (χ1) is 16.2. The Morgan fingerprint density at radius 1 is 1.09 bits per heavy atom. The summed E-state index contributed by atoms with van der Waals surface area (Å²) in [6, 6.07) is 8.97. The molecule has 10 heteroatoms. The number of carboxylic acids is 1. The molecule has 1 unspecified atom stereocenters. The molecule has 1 heterocycles. The molecular formula is C24H22F2N2O6. The summed E-state index contributed by atoms with van der Waals surface area (Å²) in [6.45, 7) is 0.263.